The summed E-state index contributed by atoms with van der Waals surface area (Å²) in [4.78, 5) is 12.1. The number of alkyl halides is 1. The van der Waals surface area contributed by atoms with E-state index in [0.717, 1.165) is 12.0 Å². The van der Waals surface area contributed by atoms with Crippen molar-refractivity contribution in [2.75, 3.05) is 5.88 Å². The summed E-state index contributed by atoms with van der Waals surface area (Å²) in [6, 6.07) is 17.8. The van der Waals surface area contributed by atoms with Crippen molar-refractivity contribution < 1.29 is 4.79 Å². The van der Waals surface area contributed by atoms with Gasteiger partial charge in [-0.25, -0.2) is 0 Å². The summed E-state index contributed by atoms with van der Waals surface area (Å²) < 4.78 is 0. The summed E-state index contributed by atoms with van der Waals surface area (Å²) in [6.45, 7) is 2.07. The molecular formula is C18H20ClNO. The molecule has 2 aromatic rings. The van der Waals surface area contributed by atoms with Gasteiger partial charge < -0.3 is 5.32 Å². The first-order valence-corrected chi connectivity index (χ1v) is 7.69. The molecule has 2 nitrogen and oxygen atoms in total. The minimum atomic E-state index is -0.128. The van der Waals surface area contributed by atoms with Gasteiger partial charge in [0.15, 0.2) is 0 Å². The van der Waals surface area contributed by atoms with E-state index in [-0.39, 0.29) is 11.9 Å². The van der Waals surface area contributed by atoms with Crippen molar-refractivity contribution in [2.45, 2.75) is 25.8 Å². The second-order valence-corrected chi connectivity index (χ2v) is 5.42. The number of nitrogens with one attached hydrogen (secondary N) is 1. The van der Waals surface area contributed by atoms with Crippen molar-refractivity contribution in [1.29, 1.82) is 0 Å². The van der Waals surface area contributed by atoms with Crippen LogP contribution >= 0.6 is 11.6 Å². The van der Waals surface area contributed by atoms with Gasteiger partial charge in [0.2, 0.25) is 5.91 Å². The number of benzene rings is 2. The number of hydrogen-bond donors (Lipinski definition) is 1. The molecule has 1 unspecified atom stereocenters. The molecule has 0 saturated heterocycles. The molecule has 1 atom stereocenters. The highest BCUT2D eigenvalue weighted by Gasteiger charge is 2.13. The Hall–Kier alpha value is -1.80. The Kier molecular flexibility index (Phi) is 5.82. The van der Waals surface area contributed by atoms with Gasteiger partial charge in [-0.1, -0.05) is 54.6 Å². The number of rotatable bonds is 6. The zero-order valence-electron chi connectivity index (χ0n) is 12.2. The van der Waals surface area contributed by atoms with Crippen LogP contribution in [0, 0.1) is 6.92 Å². The van der Waals surface area contributed by atoms with Gasteiger partial charge in [0.05, 0.1) is 6.04 Å². The zero-order chi connectivity index (χ0) is 15.1. The van der Waals surface area contributed by atoms with Gasteiger partial charge >= 0.3 is 0 Å². The Bertz CT molecular complexity index is 583. The van der Waals surface area contributed by atoms with Crippen LogP contribution < -0.4 is 5.32 Å². The molecule has 0 fully saturated rings. The van der Waals surface area contributed by atoms with Gasteiger partial charge in [-0.3, -0.25) is 4.79 Å². The lowest BCUT2D eigenvalue weighted by Crippen LogP contribution is -2.29. The van der Waals surface area contributed by atoms with Gasteiger partial charge in [-0.15, -0.1) is 11.6 Å². The molecule has 0 bridgehead atoms. The fourth-order valence-corrected chi connectivity index (χ4v) is 2.56. The van der Waals surface area contributed by atoms with Crippen LogP contribution in [0.2, 0.25) is 0 Å². The Morgan fingerprint density at radius 2 is 1.76 bits per heavy atom. The van der Waals surface area contributed by atoms with Gasteiger partial charge in [0, 0.05) is 12.3 Å². The van der Waals surface area contributed by atoms with E-state index in [0.29, 0.717) is 12.3 Å². The summed E-state index contributed by atoms with van der Waals surface area (Å²) in [5, 5.41) is 3.00. The predicted octanol–water partition coefficient (Wildman–Crippen LogP) is 4.02. The SMILES string of the molecule is Cc1ccccc1CCC(=O)NC(CCl)c1ccccc1. The van der Waals surface area contributed by atoms with Gasteiger partial charge in [-0.05, 0) is 30.0 Å². The maximum Gasteiger partial charge on any atom is 0.220 e. The van der Waals surface area contributed by atoms with Gasteiger partial charge in [0.25, 0.3) is 0 Å². The maximum atomic E-state index is 12.1. The third-order valence-corrected chi connectivity index (χ3v) is 3.88. The topological polar surface area (TPSA) is 29.1 Å². The smallest absolute Gasteiger partial charge is 0.220 e. The second kappa shape index (κ2) is 7.84. The lowest BCUT2D eigenvalue weighted by atomic mass is 10.0. The number of amides is 1. The van der Waals surface area contributed by atoms with Crippen molar-refractivity contribution in [1.82, 2.24) is 5.32 Å². The first kappa shape index (κ1) is 15.6. The van der Waals surface area contributed by atoms with E-state index < -0.39 is 0 Å². The summed E-state index contributed by atoms with van der Waals surface area (Å²) in [5.41, 5.74) is 3.48. The van der Waals surface area contributed by atoms with Crippen LogP contribution in [0.25, 0.3) is 0 Å². The summed E-state index contributed by atoms with van der Waals surface area (Å²) in [6.07, 6.45) is 1.23. The highest BCUT2D eigenvalue weighted by molar-refractivity contribution is 6.18. The quantitative estimate of drug-likeness (QED) is 0.802. The Balaban J connectivity index is 1.90. The minimum Gasteiger partial charge on any atom is -0.348 e. The third kappa shape index (κ3) is 4.61. The highest BCUT2D eigenvalue weighted by atomic mass is 35.5. The van der Waals surface area contributed by atoms with Crippen molar-refractivity contribution in [3.05, 3.63) is 71.3 Å². The maximum absolute atomic E-state index is 12.1. The molecule has 0 aliphatic rings. The van der Waals surface area contributed by atoms with Gasteiger partial charge in [-0.2, -0.15) is 0 Å². The fourth-order valence-electron chi connectivity index (χ4n) is 2.30. The number of carbonyl (C=O) groups is 1. The van der Waals surface area contributed by atoms with Crippen molar-refractivity contribution in [2.24, 2.45) is 0 Å². The zero-order valence-corrected chi connectivity index (χ0v) is 12.9. The number of aryl methyl sites for hydroxylation is 2. The van der Waals surface area contributed by atoms with Crippen LogP contribution in [-0.2, 0) is 11.2 Å². The first-order chi connectivity index (χ1) is 10.2. The highest BCUT2D eigenvalue weighted by Crippen LogP contribution is 2.15. The van der Waals surface area contributed by atoms with E-state index in [1.807, 2.05) is 42.5 Å². The minimum absolute atomic E-state index is 0.0350. The van der Waals surface area contributed by atoms with Crippen LogP contribution in [0.1, 0.15) is 29.2 Å². The van der Waals surface area contributed by atoms with Crippen LogP contribution in [-0.4, -0.2) is 11.8 Å². The summed E-state index contributed by atoms with van der Waals surface area (Å²) in [7, 11) is 0. The second-order valence-electron chi connectivity index (χ2n) is 5.11. The molecule has 3 heteroatoms. The largest absolute Gasteiger partial charge is 0.348 e. The normalized spacial score (nSPS) is 11.9. The van der Waals surface area contributed by atoms with Crippen LogP contribution in [0.3, 0.4) is 0 Å². The van der Waals surface area contributed by atoms with Crippen LogP contribution in [0.15, 0.2) is 54.6 Å². The van der Waals surface area contributed by atoms with E-state index >= 15 is 0 Å². The van der Waals surface area contributed by atoms with E-state index in [1.54, 1.807) is 0 Å². The summed E-state index contributed by atoms with van der Waals surface area (Å²) >= 11 is 5.97. The van der Waals surface area contributed by atoms with E-state index in [2.05, 4.69) is 24.4 Å². The molecule has 21 heavy (non-hydrogen) atoms. The lowest BCUT2D eigenvalue weighted by molar-refractivity contribution is -0.121. The fraction of sp³-hybridized carbons (Fsp3) is 0.278. The monoisotopic (exact) mass is 301 g/mol. The number of carbonyl (C=O) groups excluding carboxylic acids is 1. The van der Waals surface area contributed by atoms with Crippen molar-refractivity contribution >= 4 is 17.5 Å². The molecule has 1 N–H and O–H groups in total. The van der Waals surface area contributed by atoms with E-state index in [4.69, 9.17) is 11.6 Å². The molecule has 0 aromatic heterocycles. The van der Waals surface area contributed by atoms with Crippen molar-refractivity contribution in [3.63, 3.8) is 0 Å². The molecule has 110 valence electrons. The Labute approximate surface area is 131 Å². The Morgan fingerprint density at radius 1 is 1.10 bits per heavy atom. The predicted molar refractivity (Wildman–Crippen MR) is 87.5 cm³/mol. The lowest BCUT2D eigenvalue weighted by Gasteiger charge is -2.16. The average Bonchev–Trinajstić information content (AvgIpc) is 2.52. The summed E-state index contributed by atoms with van der Waals surface area (Å²) in [5.74, 6) is 0.410. The van der Waals surface area contributed by atoms with Gasteiger partial charge in [0.1, 0.15) is 0 Å². The molecule has 1 amide bonds. The third-order valence-electron chi connectivity index (χ3n) is 3.57. The molecule has 0 radical (unpaired) electrons. The van der Waals surface area contributed by atoms with Crippen LogP contribution in [0.4, 0.5) is 0 Å². The number of halogens is 1. The molecule has 0 spiro atoms. The van der Waals surface area contributed by atoms with Crippen molar-refractivity contribution in [3.8, 4) is 0 Å². The Morgan fingerprint density at radius 3 is 2.43 bits per heavy atom. The average molecular weight is 302 g/mol. The molecule has 2 rings (SSSR count). The molecule has 0 saturated carbocycles. The van der Waals surface area contributed by atoms with E-state index in [9.17, 15) is 4.79 Å². The molecule has 0 aliphatic carbocycles. The standard InChI is InChI=1S/C18H20ClNO/c1-14-7-5-6-8-15(14)11-12-18(21)20-17(13-19)16-9-3-2-4-10-16/h2-10,17H,11-13H2,1H3,(H,20,21). The van der Waals surface area contributed by atoms with E-state index in [1.165, 1.54) is 11.1 Å². The number of hydrogen-bond acceptors (Lipinski definition) is 1. The first-order valence-electron chi connectivity index (χ1n) is 7.15. The molecule has 0 heterocycles. The van der Waals surface area contributed by atoms with Crippen LogP contribution in [0.5, 0.6) is 0 Å². The molecule has 2 aromatic carbocycles. The molecule has 0 aliphatic heterocycles. The molecular weight excluding hydrogens is 282 g/mol.